The Kier molecular flexibility index (Phi) is 5.51. The normalized spacial score (nSPS) is 12.4. The summed E-state index contributed by atoms with van der Waals surface area (Å²) < 4.78 is 11.6. The molecule has 15 heavy (non-hydrogen) atoms. The Balaban J connectivity index is 2.42. The predicted molar refractivity (Wildman–Crippen MR) is 68.3 cm³/mol. The first-order valence-corrected chi connectivity index (χ1v) is 6.81. The van der Waals surface area contributed by atoms with Gasteiger partial charge in [0.05, 0.1) is 0 Å². The van der Waals surface area contributed by atoms with Gasteiger partial charge in [-0.1, -0.05) is 50.3 Å². The summed E-state index contributed by atoms with van der Waals surface area (Å²) in [6.07, 6.45) is 2.14. The highest BCUT2D eigenvalue weighted by atomic mass is 32.2. The Hall–Kier alpha value is -0.730. The highest BCUT2D eigenvalue weighted by molar-refractivity contribution is 7.91. The first-order chi connectivity index (χ1) is 7.24. The lowest BCUT2D eigenvalue weighted by Crippen LogP contribution is -2.11. The second-order valence-electron chi connectivity index (χ2n) is 3.61. The molecule has 82 valence electrons. The molecule has 1 rings (SSSR count). The molecule has 1 atom stereocenters. The van der Waals surface area contributed by atoms with Gasteiger partial charge in [-0.05, 0) is 23.2 Å². The van der Waals surface area contributed by atoms with Gasteiger partial charge in [0.15, 0.2) is 0 Å². The van der Waals surface area contributed by atoms with Gasteiger partial charge in [0.1, 0.15) is 11.5 Å². The van der Waals surface area contributed by atoms with Crippen LogP contribution in [0.15, 0.2) is 36.9 Å². The average Bonchev–Trinajstić information content (AvgIpc) is 2.27. The summed E-state index contributed by atoms with van der Waals surface area (Å²) in [7, 11) is 0. The van der Waals surface area contributed by atoms with E-state index < -0.39 is 11.2 Å². The Labute approximate surface area is 95.4 Å². The SMILES string of the molecule is C=C(C[S+]([O-])CCCC)c1ccccc1. The van der Waals surface area contributed by atoms with E-state index in [9.17, 15) is 4.55 Å². The Bertz CT molecular complexity index is 295. The van der Waals surface area contributed by atoms with Crippen LogP contribution in [0.25, 0.3) is 5.57 Å². The molecule has 0 saturated heterocycles. The lowest BCUT2D eigenvalue weighted by molar-refractivity contribution is 0.595. The zero-order valence-corrected chi connectivity index (χ0v) is 10.1. The lowest BCUT2D eigenvalue weighted by Gasteiger charge is -2.12. The third kappa shape index (κ3) is 4.54. The van der Waals surface area contributed by atoms with Crippen LogP contribution in [0, 0.1) is 0 Å². The van der Waals surface area contributed by atoms with Crippen molar-refractivity contribution in [2.75, 3.05) is 11.5 Å². The van der Waals surface area contributed by atoms with E-state index in [1.165, 1.54) is 0 Å². The molecular weight excluding hydrogens is 204 g/mol. The highest BCUT2D eigenvalue weighted by Crippen LogP contribution is 2.14. The van der Waals surface area contributed by atoms with Crippen LogP contribution in [0.5, 0.6) is 0 Å². The molecule has 0 aromatic heterocycles. The van der Waals surface area contributed by atoms with E-state index in [2.05, 4.69) is 13.5 Å². The first kappa shape index (κ1) is 12.3. The molecule has 0 N–H and O–H groups in total. The molecule has 0 spiro atoms. The maximum Gasteiger partial charge on any atom is 0.130 e. The highest BCUT2D eigenvalue weighted by Gasteiger charge is 2.08. The fourth-order valence-corrected chi connectivity index (χ4v) is 2.64. The van der Waals surface area contributed by atoms with E-state index in [4.69, 9.17) is 0 Å². The summed E-state index contributed by atoms with van der Waals surface area (Å²) in [6.45, 7) is 6.09. The standard InChI is InChI=1S/C13H18OS/c1-3-4-10-15(14)11-12(2)13-8-6-5-7-9-13/h5-9H,2-4,10-11H2,1H3. The molecule has 0 heterocycles. The molecule has 0 amide bonds. The fraction of sp³-hybridized carbons (Fsp3) is 0.385. The average molecular weight is 222 g/mol. The lowest BCUT2D eigenvalue weighted by atomic mass is 10.1. The second kappa shape index (κ2) is 6.70. The minimum absolute atomic E-state index is 0.601. The molecule has 0 aliphatic carbocycles. The third-order valence-corrected chi connectivity index (χ3v) is 3.66. The van der Waals surface area contributed by atoms with Crippen LogP contribution >= 0.6 is 0 Å². The first-order valence-electron chi connectivity index (χ1n) is 5.32. The van der Waals surface area contributed by atoms with Crippen LogP contribution in [0.2, 0.25) is 0 Å². The van der Waals surface area contributed by atoms with Gasteiger partial charge >= 0.3 is 0 Å². The van der Waals surface area contributed by atoms with Crippen LogP contribution in [-0.4, -0.2) is 16.1 Å². The van der Waals surface area contributed by atoms with Crippen molar-refractivity contribution >= 4 is 16.7 Å². The second-order valence-corrected chi connectivity index (χ2v) is 5.19. The van der Waals surface area contributed by atoms with Crippen LogP contribution < -0.4 is 0 Å². The number of rotatable bonds is 6. The molecule has 1 aromatic carbocycles. The largest absolute Gasteiger partial charge is 0.616 e. The van der Waals surface area contributed by atoms with Gasteiger partial charge in [0, 0.05) is 5.57 Å². The summed E-state index contributed by atoms with van der Waals surface area (Å²) in [5, 5.41) is 0. The van der Waals surface area contributed by atoms with Crippen molar-refractivity contribution in [1.29, 1.82) is 0 Å². The quantitative estimate of drug-likeness (QED) is 0.678. The van der Waals surface area contributed by atoms with E-state index in [0.717, 1.165) is 29.7 Å². The molecule has 2 heteroatoms. The summed E-state index contributed by atoms with van der Waals surface area (Å²) in [5.74, 6) is 1.40. The van der Waals surface area contributed by atoms with Crippen molar-refractivity contribution in [2.24, 2.45) is 0 Å². The van der Waals surface area contributed by atoms with Crippen molar-refractivity contribution in [1.82, 2.24) is 0 Å². The van der Waals surface area contributed by atoms with Crippen molar-refractivity contribution in [3.63, 3.8) is 0 Å². The minimum Gasteiger partial charge on any atom is -0.616 e. The van der Waals surface area contributed by atoms with E-state index in [1.807, 2.05) is 30.3 Å². The molecule has 1 unspecified atom stereocenters. The molecule has 1 nitrogen and oxygen atoms in total. The summed E-state index contributed by atoms with van der Waals surface area (Å²) in [5.41, 5.74) is 2.08. The Morgan fingerprint density at radius 1 is 1.33 bits per heavy atom. The van der Waals surface area contributed by atoms with Crippen LogP contribution in [-0.2, 0) is 11.2 Å². The van der Waals surface area contributed by atoms with E-state index >= 15 is 0 Å². The van der Waals surface area contributed by atoms with Gasteiger partial charge in [-0.15, -0.1) is 0 Å². The fourth-order valence-electron chi connectivity index (χ4n) is 1.33. The molecule has 0 aliphatic rings. The number of unbranched alkanes of at least 4 members (excludes halogenated alkanes) is 1. The number of hydrogen-bond donors (Lipinski definition) is 0. The van der Waals surface area contributed by atoms with E-state index in [0.29, 0.717) is 5.75 Å². The zero-order chi connectivity index (χ0) is 11.1. The maximum absolute atomic E-state index is 11.6. The molecule has 0 fully saturated rings. The smallest absolute Gasteiger partial charge is 0.130 e. The van der Waals surface area contributed by atoms with Gasteiger partial charge in [-0.25, -0.2) is 0 Å². The number of hydrogen-bond acceptors (Lipinski definition) is 1. The molecule has 1 aromatic rings. The molecule has 0 saturated carbocycles. The van der Waals surface area contributed by atoms with Gasteiger partial charge in [0.2, 0.25) is 0 Å². The van der Waals surface area contributed by atoms with E-state index in [1.54, 1.807) is 0 Å². The Morgan fingerprint density at radius 2 is 2.00 bits per heavy atom. The van der Waals surface area contributed by atoms with Crippen molar-refractivity contribution in [2.45, 2.75) is 19.8 Å². The Morgan fingerprint density at radius 3 is 2.60 bits per heavy atom. The number of benzene rings is 1. The van der Waals surface area contributed by atoms with Crippen molar-refractivity contribution < 1.29 is 4.55 Å². The van der Waals surface area contributed by atoms with Gasteiger partial charge < -0.3 is 4.55 Å². The molecule has 0 radical (unpaired) electrons. The minimum atomic E-state index is -0.750. The maximum atomic E-state index is 11.6. The topological polar surface area (TPSA) is 23.1 Å². The predicted octanol–water partition coefficient (Wildman–Crippen LogP) is 3.25. The van der Waals surface area contributed by atoms with Crippen LogP contribution in [0.4, 0.5) is 0 Å². The van der Waals surface area contributed by atoms with Crippen molar-refractivity contribution in [3.05, 3.63) is 42.5 Å². The monoisotopic (exact) mass is 222 g/mol. The molecule has 0 bridgehead atoms. The zero-order valence-electron chi connectivity index (χ0n) is 9.24. The summed E-state index contributed by atoms with van der Waals surface area (Å²) in [6, 6.07) is 9.97. The summed E-state index contributed by atoms with van der Waals surface area (Å²) >= 11 is -0.750. The third-order valence-electron chi connectivity index (χ3n) is 2.24. The molecular formula is C13H18OS. The van der Waals surface area contributed by atoms with Crippen molar-refractivity contribution in [3.8, 4) is 0 Å². The van der Waals surface area contributed by atoms with E-state index in [-0.39, 0.29) is 0 Å². The van der Waals surface area contributed by atoms with Gasteiger partial charge in [-0.3, -0.25) is 0 Å². The molecule has 0 aliphatic heterocycles. The summed E-state index contributed by atoms with van der Waals surface area (Å²) in [4.78, 5) is 0. The van der Waals surface area contributed by atoms with Crippen LogP contribution in [0.1, 0.15) is 25.3 Å². The van der Waals surface area contributed by atoms with Gasteiger partial charge in [0.25, 0.3) is 0 Å². The van der Waals surface area contributed by atoms with Gasteiger partial charge in [-0.2, -0.15) is 0 Å². The van der Waals surface area contributed by atoms with Crippen LogP contribution in [0.3, 0.4) is 0 Å².